The van der Waals surface area contributed by atoms with E-state index >= 15 is 0 Å². The van der Waals surface area contributed by atoms with Crippen LogP contribution in [0, 0.1) is 0 Å². The van der Waals surface area contributed by atoms with Crippen LogP contribution in [0.15, 0.2) is 42.5 Å². The zero-order valence-electron chi connectivity index (χ0n) is 12.0. The van der Waals surface area contributed by atoms with Gasteiger partial charge in [0.1, 0.15) is 0 Å². The van der Waals surface area contributed by atoms with Crippen molar-refractivity contribution in [3.63, 3.8) is 0 Å². The van der Waals surface area contributed by atoms with E-state index in [-0.39, 0.29) is 5.78 Å². The minimum absolute atomic E-state index is 0.187. The maximum absolute atomic E-state index is 12.3. The topological polar surface area (TPSA) is 37.4 Å². The number of nitrogens with zero attached hydrogens (tertiary/aromatic N) is 1. The lowest BCUT2D eigenvalue weighted by Gasteiger charge is -2.25. The van der Waals surface area contributed by atoms with Crippen LogP contribution in [0.25, 0.3) is 10.8 Å². The lowest BCUT2D eigenvalue weighted by Crippen LogP contribution is -2.38. The molecule has 2 aromatic carbocycles. The van der Waals surface area contributed by atoms with Gasteiger partial charge in [0.2, 0.25) is 0 Å². The Kier molecular flexibility index (Phi) is 4.46. The smallest absolute Gasteiger partial charge is 0.164 e. The number of fused-ring (bicyclic) bond motifs is 1. The van der Waals surface area contributed by atoms with E-state index in [1.54, 1.807) is 0 Å². The lowest BCUT2D eigenvalue weighted by molar-refractivity contribution is 0.0966. The highest BCUT2D eigenvalue weighted by Crippen LogP contribution is 2.17. The van der Waals surface area contributed by atoms with E-state index in [1.165, 1.54) is 0 Å². The Bertz CT molecular complexity index is 673. The third kappa shape index (κ3) is 3.57. The Labute approximate surface area is 127 Å². The van der Waals surface area contributed by atoms with Gasteiger partial charge in [-0.3, -0.25) is 9.00 Å². The average Bonchev–Trinajstić information content (AvgIpc) is 2.53. The van der Waals surface area contributed by atoms with Gasteiger partial charge in [-0.15, -0.1) is 0 Å². The Balaban J connectivity index is 1.62. The molecule has 0 saturated carbocycles. The molecule has 0 amide bonds. The van der Waals surface area contributed by atoms with Gasteiger partial charge in [0, 0.05) is 53.9 Å². The van der Waals surface area contributed by atoms with E-state index in [2.05, 4.69) is 11.0 Å². The first-order valence-corrected chi connectivity index (χ1v) is 8.80. The Morgan fingerprint density at radius 3 is 2.52 bits per heavy atom. The molecule has 21 heavy (non-hydrogen) atoms. The van der Waals surface area contributed by atoms with Gasteiger partial charge in [-0.05, 0) is 16.8 Å². The zero-order chi connectivity index (χ0) is 14.7. The van der Waals surface area contributed by atoms with Crippen LogP contribution < -0.4 is 0 Å². The van der Waals surface area contributed by atoms with E-state index in [9.17, 15) is 9.00 Å². The maximum Gasteiger partial charge on any atom is 0.164 e. The van der Waals surface area contributed by atoms with Gasteiger partial charge in [-0.2, -0.15) is 0 Å². The van der Waals surface area contributed by atoms with Crippen LogP contribution in [0.1, 0.15) is 16.8 Å². The Morgan fingerprint density at radius 1 is 1.05 bits per heavy atom. The summed E-state index contributed by atoms with van der Waals surface area (Å²) in [4.78, 5) is 14.5. The largest absolute Gasteiger partial charge is 0.301 e. The van der Waals surface area contributed by atoms with Crippen molar-refractivity contribution in [2.75, 3.05) is 31.1 Å². The standard InChI is InChI=1S/C17H19NO2S/c19-17(7-8-18-9-11-21(20)12-10-18)16-6-5-14-3-1-2-4-15(14)13-16/h1-6,13H,7-12H2. The van der Waals surface area contributed by atoms with E-state index < -0.39 is 10.8 Å². The van der Waals surface area contributed by atoms with Crippen molar-refractivity contribution in [2.45, 2.75) is 6.42 Å². The van der Waals surface area contributed by atoms with E-state index in [0.29, 0.717) is 6.42 Å². The highest BCUT2D eigenvalue weighted by atomic mass is 32.2. The van der Waals surface area contributed by atoms with Crippen molar-refractivity contribution < 1.29 is 9.00 Å². The normalized spacial score (nSPS) is 17.1. The van der Waals surface area contributed by atoms with Crippen molar-refractivity contribution in [1.82, 2.24) is 4.90 Å². The predicted molar refractivity (Wildman–Crippen MR) is 87.2 cm³/mol. The molecular formula is C17H19NO2S. The molecule has 0 aromatic heterocycles. The molecule has 0 spiro atoms. The first-order valence-electron chi connectivity index (χ1n) is 7.32. The van der Waals surface area contributed by atoms with Crippen LogP contribution in [-0.4, -0.2) is 46.0 Å². The average molecular weight is 301 g/mol. The third-order valence-corrected chi connectivity index (χ3v) is 5.27. The van der Waals surface area contributed by atoms with Crippen molar-refractivity contribution in [3.8, 4) is 0 Å². The summed E-state index contributed by atoms with van der Waals surface area (Å²) in [6, 6.07) is 14.0. The van der Waals surface area contributed by atoms with Crippen LogP contribution in [0.2, 0.25) is 0 Å². The molecule has 0 aliphatic carbocycles. The predicted octanol–water partition coefficient (Wildman–Crippen LogP) is 2.48. The summed E-state index contributed by atoms with van der Waals surface area (Å²) < 4.78 is 11.3. The summed E-state index contributed by atoms with van der Waals surface area (Å²) in [6.45, 7) is 2.46. The minimum atomic E-state index is -0.654. The second kappa shape index (κ2) is 6.50. The maximum atomic E-state index is 12.3. The van der Waals surface area contributed by atoms with Gasteiger partial charge in [0.05, 0.1) is 0 Å². The van der Waals surface area contributed by atoms with Gasteiger partial charge >= 0.3 is 0 Å². The molecule has 1 fully saturated rings. The summed E-state index contributed by atoms with van der Waals surface area (Å²) in [5.74, 6) is 1.67. The van der Waals surface area contributed by atoms with Crippen molar-refractivity contribution in [2.24, 2.45) is 0 Å². The summed E-state index contributed by atoms with van der Waals surface area (Å²) in [5, 5.41) is 2.27. The molecule has 1 aliphatic heterocycles. The van der Waals surface area contributed by atoms with E-state index in [1.807, 2.05) is 36.4 Å². The number of hydrogen-bond donors (Lipinski definition) is 0. The molecule has 110 valence electrons. The number of carbonyl (C=O) groups excluding carboxylic acids is 1. The minimum Gasteiger partial charge on any atom is -0.301 e. The van der Waals surface area contributed by atoms with Gasteiger partial charge in [-0.1, -0.05) is 36.4 Å². The number of hydrogen-bond acceptors (Lipinski definition) is 3. The molecule has 0 bridgehead atoms. The van der Waals surface area contributed by atoms with E-state index in [0.717, 1.165) is 47.5 Å². The molecule has 0 atom stereocenters. The molecule has 2 aromatic rings. The summed E-state index contributed by atoms with van der Waals surface area (Å²) in [7, 11) is -0.654. The van der Waals surface area contributed by atoms with Gasteiger partial charge in [0.15, 0.2) is 5.78 Å². The van der Waals surface area contributed by atoms with Crippen LogP contribution in [-0.2, 0) is 10.8 Å². The number of rotatable bonds is 4. The highest BCUT2D eigenvalue weighted by molar-refractivity contribution is 7.85. The fraction of sp³-hybridized carbons (Fsp3) is 0.353. The third-order valence-electron chi connectivity index (χ3n) is 4.00. The molecule has 1 aliphatic rings. The lowest BCUT2D eigenvalue weighted by atomic mass is 10.0. The molecule has 1 heterocycles. The molecule has 0 unspecified atom stereocenters. The van der Waals surface area contributed by atoms with Crippen LogP contribution in [0.4, 0.5) is 0 Å². The summed E-state index contributed by atoms with van der Waals surface area (Å²) in [5.41, 5.74) is 0.786. The van der Waals surface area contributed by atoms with Crippen molar-refractivity contribution >= 4 is 27.4 Å². The monoisotopic (exact) mass is 301 g/mol. The number of ketones is 1. The SMILES string of the molecule is O=C(CCN1CCS(=O)CC1)c1ccc2ccccc2c1. The van der Waals surface area contributed by atoms with Crippen molar-refractivity contribution in [1.29, 1.82) is 0 Å². The van der Waals surface area contributed by atoms with Crippen LogP contribution in [0.5, 0.6) is 0 Å². The molecular weight excluding hydrogens is 282 g/mol. The van der Waals surface area contributed by atoms with Crippen LogP contribution >= 0.6 is 0 Å². The zero-order valence-corrected chi connectivity index (χ0v) is 12.8. The molecule has 3 rings (SSSR count). The van der Waals surface area contributed by atoms with Gasteiger partial charge < -0.3 is 4.90 Å². The fourth-order valence-corrected chi connectivity index (χ4v) is 3.79. The highest BCUT2D eigenvalue weighted by Gasteiger charge is 2.16. The second-order valence-electron chi connectivity index (χ2n) is 5.42. The van der Waals surface area contributed by atoms with Crippen LogP contribution in [0.3, 0.4) is 0 Å². The first kappa shape index (κ1) is 14.4. The molecule has 1 saturated heterocycles. The Hall–Kier alpha value is -1.52. The summed E-state index contributed by atoms with van der Waals surface area (Å²) >= 11 is 0. The van der Waals surface area contributed by atoms with Gasteiger partial charge in [-0.25, -0.2) is 0 Å². The van der Waals surface area contributed by atoms with Crippen molar-refractivity contribution in [3.05, 3.63) is 48.0 Å². The fourth-order valence-electron chi connectivity index (χ4n) is 2.67. The first-order chi connectivity index (χ1) is 10.2. The molecule has 0 N–H and O–H groups in total. The number of carbonyl (C=O) groups is 1. The number of Topliss-reactive ketones (excluding diaryl/α,β-unsaturated/α-hetero) is 1. The molecule has 0 radical (unpaired) electrons. The molecule has 4 heteroatoms. The number of benzene rings is 2. The summed E-state index contributed by atoms with van der Waals surface area (Å²) in [6.07, 6.45) is 0.533. The quantitative estimate of drug-likeness (QED) is 0.814. The second-order valence-corrected chi connectivity index (χ2v) is 7.12. The molecule has 3 nitrogen and oxygen atoms in total. The van der Waals surface area contributed by atoms with E-state index in [4.69, 9.17) is 0 Å². The van der Waals surface area contributed by atoms with Gasteiger partial charge in [0.25, 0.3) is 0 Å². The Morgan fingerprint density at radius 2 is 1.76 bits per heavy atom.